The molecule has 4 N–H and O–H groups in total. The molecular weight excluding hydrogens is 316 g/mol. The second kappa shape index (κ2) is 9.81. The molecule has 0 aliphatic carbocycles. The second-order valence-electron chi connectivity index (χ2n) is 6.12. The standard InChI is InChI=1S/C20H26N2O3/c1-2-15-9-6-10-17(11-15)13-21-14-19(23)18(22-20(24)25)12-16-7-4-3-5-8-16/h3-11,18-19,21-23H,2,12-14H2,1H3,(H,24,25)/t18-,19+/m0/s1. The minimum absolute atomic E-state index is 0.314. The number of carboxylic acid groups (broad SMARTS) is 1. The molecule has 1 amide bonds. The smallest absolute Gasteiger partial charge is 0.404 e. The van der Waals surface area contributed by atoms with Crippen molar-refractivity contribution in [1.82, 2.24) is 10.6 Å². The lowest BCUT2D eigenvalue weighted by Crippen LogP contribution is -2.48. The Morgan fingerprint density at radius 1 is 1.04 bits per heavy atom. The first-order chi connectivity index (χ1) is 12.1. The van der Waals surface area contributed by atoms with E-state index in [1.807, 2.05) is 42.5 Å². The number of nitrogens with one attached hydrogen (secondary N) is 2. The number of carbonyl (C=O) groups is 1. The molecule has 0 saturated heterocycles. The summed E-state index contributed by atoms with van der Waals surface area (Å²) in [5.74, 6) is 0. The molecule has 0 unspecified atom stereocenters. The summed E-state index contributed by atoms with van der Waals surface area (Å²) in [7, 11) is 0. The van der Waals surface area contributed by atoms with Crippen molar-refractivity contribution in [1.29, 1.82) is 0 Å². The van der Waals surface area contributed by atoms with Gasteiger partial charge in [0.05, 0.1) is 12.1 Å². The fraction of sp³-hybridized carbons (Fsp3) is 0.350. The van der Waals surface area contributed by atoms with Crippen LogP contribution in [-0.4, -0.2) is 35.0 Å². The summed E-state index contributed by atoms with van der Waals surface area (Å²) < 4.78 is 0. The Labute approximate surface area is 148 Å². The van der Waals surface area contributed by atoms with Gasteiger partial charge in [-0.05, 0) is 29.5 Å². The van der Waals surface area contributed by atoms with Gasteiger partial charge >= 0.3 is 6.09 Å². The number of amides is 1. The van der Waals surface area contributed by atoms with Gasteiger partial charge in [0.25, 0.3) is 0 Å². The van der Waals surface area contributed by atoms with E-state index in [4.69, 9.17) is 5.11 Å². The molecule has 0 aromatic heterocycles. The number of aliphatic hydroxyl groups excluding tert-OH is 1. The predicted molar refractivity (Wildman–Crippen MR) is 98.6 cm³/mol. The Hall–Kier alpha value is -2.37. The van der Waals surface area contributed by atoms with Gasteiger partial charge in [-0.15, -0.1) is 0 Å². The number of rotatable bonds is 9. The van der Waals surface area contributed by atoms with Gasteiger partial charge in [0, 0.05) is 13.1 Å². The molecule has 0 saturated carbocycles. The molecule has 134 valence electrons. The van der Waals surface area contributed by atoms with Crippen LogP contribution in [0.1, 0.15) is 23.6 Å². The average molecular weight is 342 g/mol. The van der Waals surface area contributed by atoms with Crippen LogP contribution in [0.2, 0.25) is 0 Å². The summed E-state index contributed by atoms with van der Waals surface area (Å²) in [6.07, 6.45) is -0.513. The van der Waals surface area contributed by atoms with Crippen LogP contribution in [0, 0.1) is 0 Å². The summed E-state index contributed by atoms with van der Waals surface area (Å²) in [6, 6.07) is 17.3. The van der Waals surface area contributed by atoms with Gasteiger partial charge in [0.2, 0.25) is 0 Å². The third-order valence-corrected chi connectivity index (χ3v) is 4.15. The zero-order valence-electron chi connectivity index (χ0n) is 14.5. The molecule has 5 heteroatoms. The average Bonchev–Trinajstić information content (AvgIpc) is 2.62. The van der Waals surface area contributed by atoms with Crippen molar-refractivity contribution in [2.24, 2.45) is 0 Å². The summed E-state index contributed by atoms with van der Waals surface area (Å²) in [5.41, 5.74) is 3.41. The molecule has 0 aliphatic heterocycles. The van der Waals surface area contributed by atoms with Crippen molar-refractivity contribution in [3.63, 3.8) is 0 Å². The largest absolute Gasteiger partial charge is 0.465 e. The third kappa shape index (κ3) is 6.57. The van der Waals surface area contributed by atoms with Crippen molar-refractivity contribution < 1.29 is 15.0 Å². The van der Waals surface area contributed by atoms with Gasteiger partial charge in [-0.25, -0.2) is 4.79 Å². The Balaban J connectivity index is 1.89. The van der Waals surface area contributed by atoms with Crippen LogP contribution in [0.15, 0.2) is 54.6 Å². The summed E-state index contributed by atoms with van der Waals surface area (Å²) in [4.78, 5) is 11.0. The molecule has 0 bridgehead atoms. The second-order valence-corrected chi connectivity index (χ2v) is 6.12. The van der Waals surface area contributed by atoms with Gasteiger partial charge in [-0.2, -0.15) is 0 Å². The minimum Gasteiger partial charge on any atom is -0.465 e. The molecule has 5 nitrogen and oxygen atoms in total. The maximum Gasteiger partial charge on any atom is 0.404 e. The van der Waals surface area contributed by atoms with Crippen LogP contribution in [-0.2, 0) is 19.4 Å². The molecule has 0 spiro atoms. The normalized spacial score (nSPS) is 13.2. The monoisotopic (exact) mass is 342 g/mol. The Kier molecular flexibility index (Phi) is 7.44. The molecule has 25 heavy (non-hydrogen) atoms. The van der Waals surface area contributed by atoms with E-state index < -0.39 is 18.2 Å². The fourth-order valence-corrected chi connectivity index (χ4v) is 2.78. The van der Waals surface area contributed by atoms with Gasteiger partial charge in [0.15, 0.2) is 0 Å². The van der Waals surface area contributed by atoms with E-state index in [0.717, 1.165) is 17.5 Å². The lowest BCUT2D eigenvalue weighted by molar-refractivity contribution is 0.117. The molecule has 0 radical (unpaired) electrons. The van der Waals surface area contributed by atoms with E-state index in [9.17, 15) is 9.90 Å². The van der Waals surface area contributed by atoms with E-state index in [0.29, 0.717) is 19.5 Å². The van der Waals surface area contributed by atoms with Gasteiger partial charge in [-0.1, -0.05) is 61.5 Å². The van der Waals surface area contributed by atoms with Crippen molar-refractivity contribution in [3.8, 4) is 0 Å². The van der Waals surface area contributed by atoms with E-state index in [2.05, 4.69) is 29.7 Å². The molecule has 0 fully saturated rings. The van der Waals surface area contributed by atoms with E-state index in [-0.39, 0.29) is 0 Å². The number of hydrogen-bond acceptors (Lipinski definition) is 3. The third-order valence-electron chi connectivity index (χ3n) is 4.15. The van der Waals surface area contributed by atoms with Crippen LogP contribution in [0.5, 0.6) is 0 Å². The predicted octanol–water partition coefficient (Wildman–Crippen LogP) is 2.58. The minimum atomic E-state index is -1.13. The molecule has 2 aromatic rings. The van der Waals surface area contributed by atoms with Crippen LogP contribution < -0.4 is 10.6 Å². The van der Waals surface area contributed by atoms with Crippen LogP contribution in [0.25, 0.3) is 0 Å². The van der Waals surface area contributed by atoms with Crippen LogP contribution in [0.4, 0.5) is 4.79 Å². The quantitative estimate of drug-likeness (QED) is 0.565. The first-order valence-corrected chi connectivity index (χ1v) is 8.58. The zero-order valence-corrected chi connectivity index (χ0v) is 14.5. The highest BCUT2D eigenvalue weighted by Crippen LogP contribution is 2.08. The Morgan fingerprint density at radius 3 is 2.40 bits per heavy atom. The summed E-state index contributed by atoms with van der Waals surface area (Å²) in [5, 5.41) is 25.1. The lowest BCUT2D eigenvalue weighted by atomic mass is 10.0. The number of benzene rings is 2. The number of hydrogen-bond donors (Lipinski definition) is 4. The Bertz CT molecular complexity index is 661. The molecule has 2 atom stereocenters. The first-order valence-electron chi connectivity index (χ1n) is 8.58. The molecule has 2 aromatic carbocycles. The van der Waals surface area contributed by atoms with Gasteiger partial charge in [-0.3, -0.25) is 0 Å². The SMILES string of the molecule is CCc1cccc(CNC[C@@H](O)[C@H](Cc2ccccc2)NC(=O)O)c1. The summed E-state index contributed by atoms with van der Waals surface area (Å²) >= 11 is 0. The summed E-state index contributed by atoms with van der Waals surface area (Å²) in [6.45, 7) is 3.06. The number of aliphatic hydroxyl groups is 1. The zero-order chi connectivity index (χ0) is 18.1. The van der Waals surface area contributed by atoms with Crippen molar-refractivity contribution >= 4 is 6.09 Å². The highest BCUT2D eigenvalue weighted by molar-refractivity contribution is 5.65. The van der Waals surface area contributed by atoms with Gasteiger partial charge in [0.1, 0.15) is 0 Å². The van der Waals surface area contributed by atoms with Crippen LogP contribution in [0.3, 0.4) is 0 Å². The van der Waals surface area contributed by atoms with Crippen LogP contribution >= 0.6 is 0 Å². The maximum absolute atomic E-state index is 11.0. The topological polar surface area (TPSA) is 81.6 Å². The lowest BCUT2D eigenvalue weighted by Gasteiger charge is -2.23. The van der Waals surface area contributed by atoms with E-state index in [1.165, 1.54) is 5.56 Å². The Morgan fingerprint density at radius 2 is 1.72 bits per heavy atom. The van der Waals surface area contributed by atoms with Gasteiger partial charge < -0.3 is 20.8 Å². The maximum atomic E-state index is 11.0. The van der Waals surface area contributed by atoms with E-state index >= 15 is 0 Å². The first kappa shape index (κ1) is 19.0. The highest BCUT2D eigenvalue weighted by Gasteiger charge is 2.21. The highest BCUT2D eigenvalue weighted by atomic mass is 16.4. The van der Waals surface area contributed by atoms with Crippen molar-refractivity contribution in [3.05, 3.63) is 71.3 Å². The fourth-order valence-electron chi connectivity index (χ4n) is 2.78. The molecule has 0 heterocycles. The van der Waals surface area contributed by atoms with Crippen molar-refractivity contribution in [2.45, 2.75) is 38.5 Å². The molecule has 2 rings (SSSR count). The van der Waals surface area contributed by atoms with Crippen molar-refractivity contribution in [2.75, 3.05) is 6.54 Å². The molecular formula is C20H26N2O3. The van der Waals surface area contributed by atoms with E-state index in [1.54, 1.807) is 0 Å². The molecule has 0 aliphatic rings. The number of aryl methyl sites for hydroxylation is 1.